The molecule has 1 spiro atoms. The van der Waals surface area contributed by atoms with Crippen LogP contribution in [0.1, 0.15) is 25.0 Å². The summed E-state index contributed by atoms with van der Waals surface area (Å²) in [4.78, 5) is 2.81. The molecule has 0 amide bonds. The van der Waals surface area contributed by atoms with Crippen LogP contribution in [0, 0.1) is 0 Å². The quantitative estimate of drug-likeness (QED) is 0.140. The summed E-state index contributed by atoms with van der Waals surface area (Å²) in [6.07, 6.45) is 0. The average Bonchev–Trinajstić information content (AvgIpc) is 3.87. The van der Waals surface area contributed by atoms with Crippen molar-refractivity contribution in [2.24, 2.45) is 0 Å². The number of para-hydroxylation sites is 3. The minimum absolute atomic E-state index is 0.0269. The van der Waals surface area contributed by atoms with Gasteiger partial charge in [0.1, 0.15) is 0 Å². The molecule has 0 unspecified atom stereocenters. The fourth-order valence-electron chi connectivity index (χ4n) is 13.0. The number of hydrogen-bond donors (Lipinski definition) is 0. The molecule has 59 heavy (non-hydrogen) atoms. The maximum absolute atomic E-state index is 2.81. The Labute approximate surface area is 343 Å². The Morgan fingerprint density at radius 3 is 1.92 bits per heavy atom. The molecule has 15 rings (SSSR count). The molecule has 1 aromatic heterocycles. The topological polar surface area (TPSA) is 8.17 Å². The van der Waals surface area contributed by atoms with Gasteiger partial charge in [-0.1, -0.05) is 178 Å². The highest BCUT2D eigenvalue weighted by Gasteiger charge is 2.58. The number of fused-ring (bicyclic) bond motifs is 22. The van der Waals surface area contributed by atoms with Crippen molar-refractivity contribution < 1.29 is 0 Å². The third-order valence-corrected chi connectivity index (χ3v) is 20.1. The van der Waals surface area contributed by atoms with E-state index < -0.39 is 8.07 Å². The molecule has 2 nitrogen and oxygen atoms in total. The number of anilines is 2. The van der Waals surface area contributed by atoms with Gasteiger partial charge < -0.3 is 9.38 Å². The van der Waals surface area contributed by atoms with Crippen molar-refractivity contribution in [1.82, 2.24) is 4.57 Å². The monoisotopic (exact) mass is 762 g/mol. The van der Waals surface area contributed by atoms with Gasteiger partial charge in [-0.3, -0.25) is 0 Å². The minimum atomic E-state index is -2.78. The van der Waals surface area contributed by atoms with Crippen LogP contribution in [0.3, 0.4) is 0 Å². The van der Waals surface area contributed by atoms with E-state index >= 15 is 0 Å². The van der Waals surface area contributed by atoms with Gasteiger partial charge in [0, 0.05) is 44.2 Å². The van der Waals surface area contributed by atoms with E-state index in [1.165, 1.54) is 126 Å². The molecule has 272 valence electrons. The molecule has 4 heteroatoms. The van der Waals surface area contributed by atoms with E-state index in [9.17, 15) is 0 Å². The fourth-order valence-corrected chi connectivity index (χ4v) is 18.6. The van der Waals surface area contributed by atoms with Crippen LogP contribution < -0.4 is 36.5 Å². The molecule has 5 heterocycles. The molecule has 0 bridgehead atoms. The lowest BCUT2D eigenvalue weighted by molar-refractivity contribution is 0.660. The van der Waals surface area contributed by atoms with Gasteiger partial charge in [0.2, 0.25) is 0 Å². The standard InChI is InChI=1S/C55H35BN2Si/c1-55(2)40-22-8-5-19-38(40)49-41(55)31-44-51-50(49)39-21-14-28-48-54(39)58(43-24-9-12-27-47(43)59(48)45-25-10-6-17-34(45)35-18-7-11-26-46(35)59)56(51)42-23-13-20-36-37-30-29-32-15-3-4-16-33(32)52(37)57(44)53(36)42/h3-31H,1-2H3. The van der Waals surface area contributed by atoms with E-state index in [0.717, 1.165) is 0 Å². The molecule has 1 aliphatic carbocycles. The third kappa shape index (κ3) is 3.31. The van der Waals surface area contributed by atoms with Crippen LogP contribution >= 0.6 is 0 Å². The van der Waals surface area contributed by atoms with Crippen molar-refractivity contribution >= 4 is 90.5 Å². The Balaban J connectivity index is 1.19. The van der Waals surface area contributed by atoms with Crippen LogP contribution in [0.5, 0.6) is 0 Å². The van der Waals surface area contributed by atoms with Crippen molar-refractivity contribution in [3.05, 3.63) is 187 Å². The van der Waals surface area contributed by atoms with Gasteiger partial charge in [0.15, 0.2) is 8.07 Å². The molecule has 0 radical (unpaired) electrons. The maximum Gasteiger partial charge on any atom is 0.333 e. The van der Waals surface area contributed by atoms with E-state index in [0.29, 0.717) is 0 Å². The smallest absolute Gasteiger partial charge is 0.333 e. The molecular formula is C55H35BN2Si. The van der Waals surface area contributed by atoms with Crippen LogP contribution in [0.25, 0.3) is 71.6 Å². The zero-order valence-electron chi connectivity index (χ0n) is 32.7. The van der Waals surface area contributed by atoms with Crippen molar-refractivity contribution in [2.45, 2.75) is 19.3 Å². The predicted molar refractivity (Wildman–Crippen MR) is 251 cm³/mol. The van der Waals surface area contributed by atoms with Gasteiger partial charge in [-0.25, -0.2) is 0 Å². The van der Waals surface area contributed by atoms with Crippen molar-refractivity contribution in [3.63, 3.8) is 0 Å². The number of rotatable bonds is 0. The Morgan fingerprint density at radius 1 is 0.458 bits per heavy atom. The van der Waals surface area contributed by atoms with Gasteiger partial charge in [-0.2, -0.15) is 0 Å². The lowest BCUT2D eigenvalue weighted by Crippen LogP contribution is -2.78. The van der Waals surface area contributed by atoms with Gasteiger partial charge in [0.05, 0.1) is 11.0 Å². The fraction of sp³-hybridized carbons (Fsp3) is 0.0545. The summed E-state index contributed by atoms with van der Waals surface area (Å²) in [5.41, 5.74) is 20.5. The Hall–Kier alpha value is -6.88. The minimum Gasteiger partial charge on any atom is -0.376 e. The highest BCUT2D eigenvalue weighted by Crippen LogP contribution is 2.57. The summed E-state index contributed by atoms with van der Waals surface area (Å²) in [6.45, 7) is 4.87. The second-order valence-corrected chi connectivity index (χ2v) is 21.5. The van der Waals surface area contributed by atoms with E-state index in [2.05, 4.69) is 199 Å². The van der Waals surface area contributed by atoms with Crippen molar-refractivity contribution in [1.29, 1.82) is 0 Å². The summed E-state index contributed by atoms with van der Waals surface area (Å²) < 4.78 is 2.68. The first-order valence-corrected chi connectivity index (χ1v) is 23.1. The Kier molecular flexibility index (Phi) is 5.39. The normalized spacial score (nSPS) is 15.8. The Bertz CT molecular complexity index is 3580. The molecule has 5 aliphatic rings. The van der Waals surface area contributed by atoms with E-state index in [1.54, 1.807) is 0 Å². The molecule has 9 aromatic carbocycles. The SMILES string of the molecule is CC1(C)c2ccccc2-c2c1cc1c3c2-c2cccc4c2N(B3c2cccc3c5ccc6ccccc6c5n-1c23)c1ccccc1[Si]41c2ccccc2-c2ccccc21. The summed E-state index contributed by atoms with van der Waals surface area (Å²) in [5, 5.41) is 11.2. The second-order valence-electron chi connectivity index (χ2n) is 17.9. The summed E-state index contributed by atoms with van der Waals surface area (Å²) >= 11 is 0. The first-order valence-electron chi connectivity index (χ1n) is 21.1. The van der Waals surface area contributed by atoms with Crippen LogP contribution in [-0.2, 0) is 5.41 Å². The summed E-state index contributed by atoms with van der Waals surface area (Å²) in [5.74, 6) is 0. The first-order chi connectivity index (χ1) is 29.1. The predicted octanol–water partition coefficient (Wildman–Crippen LogP) is 9.15. The third-order valence-electron chi connectivity index (χ3n) is 15.1. The number of hydrogen-bond acceptors (Lipinski definition) is 1. The van der Waals surface area contributed by atoms with Crippen molar-refractivity contribution in [3.8, 4) is 39.1 Å². The van der Waals surface area contributed by atoms with Gasteiger partial charge in [-0.05, 0) is 88.1 Å². The number of nitrogens with zero attached hydrogens (tertiary/aromatic N) is 2. The maximum atomic E-state index is 2.81. The van der Waals surface area contributed by atoms with Crippen LogP contribution in [0.15, 0.2) is 176 Å². The van der Waals surface area contributed by atoms with Crippen LogP contribution in [-0.4, -0.2) is 19.5 Å². The molecule has 0 N–H and O–H groups in total. The van der Waals surface area contributed by atoms with Crippen molar-refractivity contribution in [2.75, 3.05) is 4.81 Å². The lowest BCUT2D eigenvalue weighted by atomic mass is 9.43. The number of aromatic nitrogens is 1. The van der Waals surface area contributed by atoms with Gasteiger partial charge >= 0.3 is 6.85 Å². The van der Waals surface area contributed by atoms with E-state index in [-0.39, 0.29) is 12.3 Å². The van der Waals surface area contributed by atoms with Gasteiger partial charge in [0.25, 0.3) is 0 Å². The molecule has 0 atom stereocenters. The van der Waals surface area contributed by atoms with E-state index in [1.807, 2.05) is 0 Å². The lowest BCUT2D eigenvalue weighted by Gasteiger charge is -2.50. The van der Waals surface area contributed by atoms with Crippen LogP contribution in [0.2, 0.25) is 0 Å². The van der Waals surface area contributed by atoms with Gasteiger partial charge in [-0.15, -0.1) is 0 Å². The molecule has 0 saturated carbocycles. The number of benzene rings is 9. The van der Waals surface area contributed by atoms with Crippen LogP contribution in [0.4, 0.5) is 11.4 Å². The first kappa shape index (κ1) is 31.2. The highest BCUT2D eigenvalue weighted by atomic mass is 28.3. The highest BCUT2D eigenvalue weighted by molar-refractivity contribution is 7.24. The molecular weight excluding hydrogens is 728 g/mol. The molecule has 4 aliphatic heterocycles. The zero-order valence-corrected chi connectivity index (χ0v) is 33.7. The second kappa shape index (κ2) is 10.2. The Morgan fingerprint density at radius 2 is 1.08 bits per heavy atom. The largest absolute Gasteiger partial charge is 0.376 e. The molecule has 10 aromatic rings. The summed E-state index contributed by atoms with van der Waals surface area (Å²) in [7, 11) is -2.78. The summed E-state index contributed by atoms with van der Waals surface area (Å²) in [6, 6.07) is 68.3. The molecule has 0 fully saturated rings. The molecule has 0 saturated heterocycles. The zero-order chi connectivity index (χ0) is 38.5. The average molecular weight is 763 g/mol. The van der Waals surface area contributed by atoms with E-state index in [4.69, 9.17) is 0 Å².